The molecule has 0 saturated heterocycles. The van der Waals surface area contributed by atoms with Crippen molar-refractivity contribution < 1.29 is 23.1 Å². The van der Waals surface area contributed by atoms with Gasteiger partial charge in [-0.2, -0.15) is 12.7 Å². The van der Waals surface area contributed by atoms with E-state index in [1.165, 1.54) is 20.2 Å². The molecule has 0 unspecified atom stereocenters. The van der Waals surface area contributed by atoms with Crippen LogP contribution in [0.5, 0.6) is 5.75 Å². The van der Waals surface area contributed by atoms with Crippen LogP contribution in [0.15, 0.2) is 48.5 Å². The van der Waals surface area contributed by atoms with Crippen LogP contribution in [0.1, 0.15) is 23.7 Å². The van der Waals surface area contributed by atoms with E-state index < -0.39 is 16.2 Å². The predicted molar refractivity (Wildman–Crippen MR) is 121 cm³/mol. The molecule has 0 bridgehead atoms. The van der Waals surface area contributed by atoms with Crippen molar-refractivity contribution in [2.45, 2.75) is 13.3 Å². The molecule has 4 aromatic rings. The fraction of sp³-hybridized carbons (Fsp3) is 0.227. The Balaban J connectivity index is 2.13. The van der Waals surface area contributed by atoms with Crippen molar-refractivity contribution in [3.63, 3.8) is 0 Å². The van der Waals surface area contributed by atoms with E-state index in [1.807, 2.05) is 6.92 Å². The maximum absolute atomic E-state index is 13.3. The van der Waals surface area contributed by atoms with Crippen molar-refractivity contribution >= 4 is 38.1 Å². The standard InChI is InChI=1S/C22H22N4O5S/c1-4-12-31-18-11-7-10-17-20(18)24-21(26(17)32(29,30)25(2)3)19-15(22(27)28)13-14-8-5-6-9-16(14)23-19/h5-11,13H,4,12H2,1-3H3,(H,27,28). The smallest absolute Gasteiger partial charge is 0.338 e. The highest BCUT2D eigenvalue weighted by atomic mass is 32.2. The quantitative estimate of drug-likeness (QED) is 0.455. The number of hydrogen-bond acceptors (Lipinski definition) is 6. The molecule has 2 aromatic heterocycles. The molecule has 10 heteroatoms. The van der Waals surface area contributed by atoms with Gasteiger partial charge in [0.25, 0.3) is 0 Å². The third kappa shape index (κ3) is 3.57. The van der Waals surface area contributed by atoms with Crippen molar-refractivity contribution in [3.8, 4) is 17.3 Å². The second kappa shape index (κ2) is 8.21. The molecule has 0 aliphatic rings. The second-order valence-corrected chi connectivity index (χ2v) is 9.34. The molecule has 0 aliphatic heterocycles. The van der Waals surface area contributed by atoms with Gasteiger partial charge >= 0.3 is 16.2 Å². The Morgan fingerprint density at radius 1 is 1.12 bits per heavy atom. The molecule has 166 valence electrons. The van der Waals surface area contributed by atoms with Crippen LogP contribution >= 0.6 is 0 Å². The van der Waals surface area contributed by atoms with Gasteiger partial charge in [-0.05, 0) is 30.7 Å². The highest BCUT2D eigenvalue weighted by molar-refractivity contribution is 7.87. The van der Waals surface area contributed by atoms with Gasteiger partial charge in [0.2, 0.25) is 0 Å². The van der Waals surface area contributed by atoms with E-state index in [0.29, 0.717) is 28.8 Å². The molecule has 32 heavy (non-hydrogen) atoms. The van der Waals surface area contributed by atoms with Gasteiger partial charge in [0.15, 0.2) is 5.82 Å². The van der Waals surface area contributed by atoms with E-state index in [1.54, 1.807) is 42.5 Å². The lowest BCUT2D eigenvalue weighted by Gasteiger charge is -2.16. The average Bonchev–Trinajstić information content (AvgIpc) is 3.17. The molecule has 0 saturated carbocycles. The zero-order chi connectivity index (χ0) is 23.0. The van der Waals surface area contributed by atoms with Crippen LogP contribution in [-0.4, -0.2) is 58.4 Å². The molecular weight excluding hydrogens is 432 g/mol. The number of rotatable bonds is 7. The zero-order valence-corrected chi connectivity index (χ0v) is 18.6. The Morgan fingerprint density at radius 2 is 1.88 bits per heavy atom. The first kappa shape index (κ1) is 21.7. The predicted octanol–water partition coefficient (Wildman–Crippen LogP) is 3.39. The average molecular weight is 455 g/mol. The number of para-hydroxylation sites is 2. The fourth-order valence-corrected chi connectivity index (χ4v) is 4.44. The van der Waals surface area contributed by atoms with Crippen LogP contribution < -0.4 is 4.74 Å². The lowest BCUT2D eigenvalue weighted by molar-refractivity contribution is 0.0697. The number of nitrogens with zero attached hydrogens (tertiary/aromatic N) is 4. The van der Waals surface area contributed by atoms with Crippen molar-refractivity contribution in [1.29, 1.82) is 0 Å². The topological polar surface area (TPSA) is 115 Å². The number of benzene rings is 2. The molecular formula is C22H22N4O5S. The Labute approximate surface area is 185 Å². The summed E-state index contributed by atoms with van der Waals surface area (Å²) in [6.07, 6.45) is 0.759. The number of hydrogen-bond donors (Lipinski definition) is 1. The third-order valence-electron chi connectivity index (χ3n) is 4.93. The number of aromatic nitrogens is 3. The fourth-order valence-electron chi connectivity index (χ4n) is 3.38. The van der Waals surface area contributed by atoms with Crippen molar-refractivity contribution in [2.75, 3.05) is 20.7 Å². The molecule has 4 rings (SSSR count). The largest absolute Gasteiger partial charge is 0.491 e. The molecule has 1 N–H and O–H groups in total. The van der Waals surface area contributed by atoms with Gasteiger partial charge in [-0.1, -0.05) is 31.2 Å². The van der Waals surface area contributed by atoms with Crippen molar-refractivity contribution in [3.05, 3.63) is 54.1 Å². The summed E-state index contributed by atoms with van der Waals surface area (Å²) in [6, 6.07) is 13.5. The highest BCUT2D eigenvalue weighted by Gasteiger charge is 2.30. The summed E-state index contributed by atoms with van der Waals surface area (Å²) in [5.41, 5.74) is 0.918. The van der Waals surface area contributed by atoms with Gasteiger partial charge in [-0.15, -0.1) is 0 Å². The molecule has 0 amide bonds. The highest BCUT2D eigenvalue weighted by Crippen LogP contribution is 2.34. The molecule has 0 aliphatic carbocycles. The van der Waals surface area contributed by atoms with Gasteiger partial charge in [-0.25, -0.2) is 18.7 Å². The molecule has 2 heterocycles. The summed E-state index contributed by atoms with van der Waals surface area (Å²) in [6.45, 7) is 2.38. The minimum atomic E-state index is -4.07. The summed E-state index contributed by atoms with van der Waals surface area (Å²) >= 11 is 0. The monoisotopic (exact) mass is 454 g/mol. The van der Waals surface area contributed by atoms with E-state index >= 15 is 0 Å². The summed E-state index contributed by atoms with van der Waals surface area (Å²) in [4.78, 5) is 21.1. The van der Waals surface area contributed by atoms with E-state index in [-0.39, 0.29) is 22.6 Å². The minimum absolute atomic E-state index is 0.0423. The molecule has 0 atom stereocenters. The summed E-state index contributed by atoms with van der Waals surface area (Å²) < 4.78 is 34.4. The Kier molecular flexibility index (Phi) is 5.57. The molecule has 0 radical (unpaired) electrons. The normalized spacial score (nSPS) is 12.0. The first-order chi connectivity index (χ1) is 15.3. The van der Waals surface area contributed by atoms with Gasteiger partial charge in [0, 0.05) is 19.5 Å². The number of carboxylic acids is 1. The number of carbonyl (C=O) groups is 1. The third-order valence-corrected chi connectivity index (χ3v) is 6.68. The summed E-state index contributed by atoms with van der Waals surface area (Å²) in [5, 5.41) is 10.5. The zero-order valence-electron chi connectivity index (χ0n) is 17.8. The first-order valence-electron chi connectivity index (χ1n) is 9.96. The van der Waals surface area contributed by atoms with Crippen LogP contribution in [-0.2, 0) is 10.2 Å². The van der Waals surface area contributed by atoms with E-state index in [0.717, 1.165) is 14.7 Å². The van der Waals surface area contributed by atoms with E-state index in [2.05, 4.69) is 9.97 Å². The summed E-state index contributed by atoms with van der Waals surface area (Å²) in [5.74, 6) is -0.915. The Hall–Kier alpha value is -3.50. The Morgan fingerprint density at radius 3 is 2.56 bits per heavy atom. The van der Waals surface area contributed by atoms with Gasteiger partial charge in [-0.3, -0.25) is 0 Å². The van der Waals surface area contributed by atoms with Crippen LogP contribution in [0.25, 0.3) is 33.5 Å². The number of pyridine rings is 1. The summed E-state index contributed by atoms with van der Waals surface area (Å²) in [7, 11) is -1.28. The SMILES string of the molecule is CCCOc1cccc2c1nc(-c1nc3ccccc3cc1C(=O)O)n2S(=O)(=O)N(C)C. The molecule has 2 aromatic carbocycles. The number of aromatic carboxylic acids is 1. The van der Waals surface area contributed by atoms with E-state index in [9.17, 15) is 18.3 Å². The number of carboxylic acid groups (broad SMARTS) is 1. The van der Waals surface area contributed by atoms with Gasteiger partial charge in [0.05, 0.1) is 23.2 Å². The first-order valence-corrected chi connectivity index (χ1v) is 11.4. The van der Waals surface area contributed by atoms with Gasteiger partial charge < -0.3 is 9.84 Å². The lowest BCUT2D eigenvalue weighted by Crippen LogP contribution is -2.29. The lowest BCUT2D eigenvalue weighted by atomic mass is 10.1. The van der Waals surface area contributed by atoms with Crippen molar-refractivity contribution in [1.82, 2.24) is 18.2 Å². The number of fused-ring (bicyclic) bond motifs is 2. The molecule has 9 nitrogen and oxygen atoms in total. The maximum atomic E-state index is 13.3. The minimum Gasteiger partial charge on any atom is -0.491 e. The number of imidazole rings is 1. The second-order valence-electron chi connectivity index (χ2n) is 7.34. The van der Waals surface area contributed by atoms with Gasteiger partial charge in [0.1, 0.15) is 17.0 Å². The van der Waals surface area contributed by atoms with E-state index in [4.69, 9.17) is 4.74 Å². The molecule has 0 fully saturated rings. The number of ether oxygens (including phenoxy) is 1. The van der Waals surface area contributed by atoms with Crippen LogP contribution in [0.4, 0.5) is 0 Å². The van der Waals surface area contributed by atoms with Crippen LogP contribution in [0.2, 0.25) is 0 Å². The maximum Gasteiger partial charge on any atom is 0.338 e. The molecule has 0 spiro atoms. The van der Waals surface area contributed by atoms with Crippen molar-refractivity contribution in [2.24, 2.45) is 0 Å². The van der Waals surface area contributed by atoms with Crippen LogP contribution in [0.3, 0.4) is 0 Å². The van der Waals surface area contributed by atoms with Crippen LogP contribution in [0, 0.1) is 0 Å². The Bertz CT molecular complexity index is 1440.